The Morgan fingerprint density at radius 3 is 1.90 bits per heavy atom. The van der Waals surface area contributed by atoms with Gasteiger partial charge in [-0.2, -0.15) is 0 Å². The van der Waals surface area contributed by atoms with Crippen LogP contribution < -0.4 is 16.6 Å². The van der Waals surface area contributed by atoms with Gasteiger partial charge in [-0.25, -0.2) is 4.98 Å². The minimum absolute atomic E-state index is 0.00190. The number of para-hydroxylation sites is 2. The summed E-state index contributed by atoms with van der Waals surface area (Å²) < 4.78 is 3.61. The van der Waals surface area contributed by atoms with Crippen LogP contribution in [0.4, 0.5) is 0 Å². The number of allylic oxidation sites excluding steroid dienone is 2. The van der Waals surface area contributed by atoms with Crippen molar-refractivity contribution in [1.29, 1.82) is 0 Å². The van der Waals surface area contributed by atoms with Gasteiger partial charge in [0.2, 0.25) is 0 Å². The van der Waals surface area contributed by atoms with Gasteiger partial charge < -0.3 is 0 Å². The highest BCUT2D eigenvalue weighted by molar-refractivity contribution is 6.40. The summed E-state index contributed by atoms with van der Waals surface area (Å²) >= 11 is 0. The first-order valence-electron chi connectivity index (χ1n) is 14.2. The number of imidazole rings is 1. The largest absolute Gasteiger partial charge is 0.283 e. The second-order valence-corrected chi connectivity index (χ2v) is 11.6. The summed E-state index contributed by atoms with van der Waals surface area (Å²) in [5, 5.41) is 11.7. The van der Waals surface area contributed by atoms with Gasteiger partial charge in [-0.05, 0) is 68.7 Å². The number of pyridine rings is 2. The number of fused-ring (bicyclic) bond motifs is 10. The third kappa shape index (κ3) is 2.19. The summed E-state index contributed by atoms with van der Waals surface area (Å²) in [6, 6.07) is 24.3. The molecular weight excluding hydrogens is 520 g/mol. The normalized spacial score (nSPS) is 18.2. The van der Waals surface area contributed by atoms with E-state index in [4.69, 9.17) is 9.98 Å². The van der Waals surface area contributed by atoms with Crippen LogP contribution >= 0.6 is 0 Å². The Kier molecular flexibility index (Phi) is 3.43. The molecule has 0 saturated heterocycles. The standard InChI is InChI=1S/C36H18N4O2/c41-35-23-15-11-19-18-10-14-22-32-24(36(42)40-28-8-4-2-6-26(28)38-34(22)40)16-12-20(30(18)32)17-9-13-21(31(23)29(17)19)33-37-25-5-1-3-7-27(25)39(33)35/h1-16,25,27H. The van der Waals surface area contributed by atoms with Crippen molar-refractivity contribution in [1.82, 2.24) is 14.0 Å². The fraction of sp³-hybridized carbons (Fsp3) is 0.0556. The van der Waals surface area contributed by atoms with Crippen molar-refractivity contribution >= 4 is 81.3 Å². The van der Waals surface area contributed by atoms with Crippen LogP contribution in [-0.2, 0) is 0 Å². The lowest BCUT2D eigenvalue weighted by molar-refractivity contribution is 0.577. The zero-order valence-electron chi connectivity index (χ0n) is 22.0. The maximum absolute atomic E-state index is 14.0. The molecule has 2 unspecified atom stereocenters. The molecule has 11 rings (SSSR count). The van der Waals surface area contributed by atoms with Gasteiger partial charge >= 0.3 is 0 Å². The second kappa shape index (κ2) is 6.81. The highest BCUT2D eigenvalue weighted by atomic mass is 16.1. The van der Waals surface area contributed by atoms with Crippen LogP contribution in [0.1, 0.15) is 6.04 Å². The summed E-state index contributed by atoms with van der Waals surface area (Å²) in [6.45, 7) is 0. The first-order valence-corrected chi connectivity index (χ1v) is 14.2. The predicted molar refractivity (Wildman–Crippen MR) is 168 cm³/mol. The van der Waals surface area contributed by atoms with Gasteiger partial charge in [-0.1, -0.05) is 60.7 Å². The topological polar surface area (TPSA) is 68.7 Å². The van der Waals surface area contributed by atoms with Gasteiger partial charge in [0.05, 0.1) is 23.1 Å². The van der Waals surface area contributed by atoms with Crippen molar-refractivity contribution < 1.29 is 0 Å². The molecule has 4 heterocycles. The Balaban J connectivity index is 1.37. The molecule has 0 saturated carbocycles. The van der Waals surface area contributed by atoms with E-state index >= 15 is 0 Å². The van der Waals surface area contributed by atoms with E-state index in [1.54, 1.807) is 4.40 Å². The summed E-state index contributed by atoms with van der Waals surface area (Å²) in [5.41, 5.74) is 3.01. The molecule has 6 nitrogen and oxygen atoms in total. The molecule has 3 aromatic heterocycles. The van der Waals surface area contributed by atoms with E-state index in [0.717, 1.165) is 70.4 Å². The quantitative estimate of drug-likeness (QED) is 0.171. The molecule has 0 radical (unpaired) electrons. The van der Waals surface area contributed by atoms with Crippen LogP contribution in [0.3, 0.4) is 0 Å². The molecule has 0 spiro atoms. The summed E-state index contributed by atoms with van der Waals surface area (Å²) in [4.78, 5) is 37.9. The Hall–Kier alpha value is -5.62. The smallest absolute Gasteiger partial charge is 0.264 e. The molecule has 2 aliphatic rings. The third-order valence-corrected chi connectivity index (χ3v) is 9.70. The second-order valence-electron chi connectivity index (χ2n) is 11.6. The van der Waals surface area contributed by atoms with Crippen molar-refractivity contribution in [3.05, 3.63) is 123 Å². The van der Waals surface area contributed by atoms with Crippen LogP contribution in [0.5, 0.6) is 0 Å². The number of benzene rings is 6. The predicted octanol–water partition coefficient (Wildman–Crippen LogP) is 6.19. The first kappa shape index (κ1) is 21.2. The first-order chi connectivity index (χ1) is 20.7. The zero-order valence-corrected chi connectivity index (χ0v) is 22.0. The molecule has 9 aromatic rings. The van der Waals surface area contributed by atoms with Gasteiger partial charge in [0.15, 0.2) is 0 Å². The van der Waals surface area contributed by atoms with Crippen molar-refractivity contribution in [2.24, 2.45) is 4.99 Å². The maximum Gasteiger partial charge on any atom is 0.264 e. The van der Waals surface area contributed by atoms with Crippen LogP contribution in [0.25, 0.3) is 81.3 Å². The van der Waals surface area contributed by atoms with Gasteiger partial charge in [0.25, 0.3) is 11.1 Å². The molecule has 0 fully saturated rings. The maximum atomic E-state index is 14.0. The van der Waals surface area contributed by atoms with Crippen molar-refractivity contribution in [2.45, 2.75) is 12.1 Å². The summed E-state index contributed by atoms with van der Waals surface area (Å²) in [7, 11) is 0. The molecule has 0 N–H and O–H groups in total. The van der Waals surface area contributed by atoms with E-state index in [2.05, 4.69) is 48.6 Å². The average Bonchev–Trinajstić information content (AvgIpc) is 3.61. The van der Waals surface area contributed by atoms with E-state index < -0.39 is 0 Å². The summed E-state index contributed by atoms with van der Waals surface area (Å²) in [6.07, 6.45) is 8.14. The molecule has 194 valence electrons. The van der Waals surface area contributed by atoms with E-state index in [-0.39, 0.29) is 23.2 Å². The zero-order chi connectivity index (χ0) is 27.4. The van der Waals surface area contributed by atoms with Gasteiger partial charge in [-0.3, -0.25) is 23.5 Å². The molecule has 2 atom stereocenters. The number of nitrogens with zero attached hydrogens (tertiary/aromatic N) is 4. The van der Waals surface area contributed by atoms with Crippen LogP contribution in [0, 0.1) is 0 Å². The van der Waals surface area contributed by atoms with Crippen molar-refractivity contribution in [3.63, 3.8) is 0 Å². The lowest BCUT2D eigenvalue weighted by Gasteiger charge is -2.20. The number of rotatable bonds is 0. The Morgan fingerprint density at radius 1 is 0.571 bits per heavy atom. The van der Waals surface area contributed by atoms with E-state index in [9.17, 15) is 9.59 Å². The Morgan fingerprint density at radius 2 is 1.14 bits per heavy atom. The molecule has 1 aliphatic heterocycles. The van der Waals surface area contributed by atoms with Gasteiger partial charge in [-0.15, -0.1) is 0 Å². The third-order valence-electron chi connectivity index (χ3n) is 9.70. The minimum Gasteiger partial charge on any atom is -0.283 e. The van der Waals surface area contributed by atoms with Crippen LogP contribution in [-0.4, -0.2) is 20.0 Å². The average molecular weight is 539 g/mol. The molecule has 1 aliphatic carbocycles. The Labute approximate surface area is 235 Å². The van der Waals surface area contributed by atoms with Gasteiger partial charge in [0, 0.05) is 32.3 Å². The van der Waals surface area contributed by atoms with Crippen molar-refractivity contribution in [2.75, 3.05) is 0 Å². The summed E-state index contributed by atoms with van der Waals surface area (Å²) in [5.74, 6) is 0. The van der Waals surface area contributed by atoms with Gasteiger partial charge in [0.1, 0.15) is 11.1 Å². The van der Waals surface area contributed by atoms with E-state index in [1.807, 2.05) is 53.1 Å². The van der Waals surface area contributed by atoms with Crippen molar-refractivity contribution in [3.8, 4) is 0 Å². The fourth-order valence-electron chi connectivity index (χ4n) is 8.00. The highest BCUT2D eigenvalue weighted by Crippen LogP contribution is 2.45. The van der Waals surface area contributed by atoms with E-state index in [0.29, 0.717) is 16.4 Å². The highest BCUT2D eigenvalue weighted by Gasteiger charge is 2.30. The monoisotopic (exact) mass is 538 g/mol. The minimum atomic E-state index is -0.0911. The SMILES string of the molecule is O=c1c2ccc3c4ccc5c6c(ccc(c7ccc(c8n1C1C=CC=CC1N=8)c2c73)c46)c(=O)n1c2ccccc2nc51. The number of aromatic nitrogens is 3. The molecule has 6 aromatic carbocycles. The molecular formula is C36H18N4O2. The van der Waals surface area contributed by atoms with Crippen LogP contribution in [0.2, 0.25) is 0 Å². The van der Waals surface area contributed by atoms with E-state index in [1.165, 1.54) is 0 Å². The number of hydrogen-bond donors (Lipinski definition) is 0. The molecule has 0 bridgehead atoms. The molecule has 0 amide bonds. The lowest BCUT2D eigenvalue weighted by Crippen LogP contribution is -2.34. The molecule has 6 heteroatoms. The number of hydrogen-bond acceptors (Lipinski definition) is 4. The fourth-order valence-corrected chi connectivity index (χ4v) is 8.00. The Bertz CT molecular complexity index is 2940. The molecule has 42 heavy (non-hydrogen) atoms. The lowest BCUT2D eigenvalue weighted by atomic mass is 9.86. The van der Waals surface area contributed by atoms with Crippen LogP contribution in [0.15, 0.2) is 112 Å².